The van der Waals surface area contributed by atoms with Crippen molar-refractivity contribution < 1.29 is 28.6 Å². The molecular formula is C30H30O6S+2. The van der Waals surface area contributed by atoms with Crippen LogP contribution >= 0.6 is 0 Å². The summed E-state index contributed by atoms with van der Waals surface area (Å²) in [7, 11) is 1.01. The van der Waals surface area contributed by atoms with Crippen LogP contribution in [-0.2, 0) is 25.2 Å². The smallest absolute Gasteiger partial charge is 0.344 e. The molecule has 7 heteroatoms. The van der Waals surface area contributed by atoms with Crippen molar-refractivity contribution in [2.24, 2.45) is 0 Å². The molecule has 1 fully saturated rings. The van der Waals surface area contributed by atoms with E-state index in [0.29, 0.717) is 28.9 Å². The third-order valence-electron chi connectivity index (χ3n) is 7.37. The molecule has 0 spiro atoms. The Hall–Kier alpha value is -3.41. The average molecular weight is 519 g/mol. The van der Waals surface area contributed by atoms with E-state index in [1.54, 1.807) is 31.4 Å². The fourth-order valence-electron chi connectivity index (χ4n) is 5.39. The SMILES string of the molecule is CCC1(OC(=O)COC(=O)c2ccc(OC)c([S+]3c4ccccc4C(=O)C4=[C+]C=CCC43)c2)CCCC1. The minimum absolute atomic E-state index is 0.00569. The van der Waals surface area contributed by atoms with E-state index in [0.717, 1.165) is 41.9 Å². The highest BCUT2D eigenvalue weighted by atomic mass is 32.2. The molecule has 190 valence electrons. The lowest BCUT2D eigenvalue weighted by Crippen LogP contribution is -2.35. The number of hydrogen-bond acceptors (Lipinski definition) is 6. The van der Waals surface area contributed by atoms with Crippen LogP contribution in [0.2, 0.25) is 0 Å². The lowest BCUT2D eigenvalue weighted by Gasteiger charge is -2.27. The monoisotopic (exact) mass is 518 g/mol. The van der Waals surface area contributed by atoms with Gasteiger partial charge in [-0.2, -0.15) is 0 Å². The number of hydrogen-bond donors (Lipinski definition) is 0. The van der Waals surface area contributed by atoms with Gasteiger partial charge in [0.2, 0.25) is 15.7 Å². The fraction of sp³-hybridized carbons (Fsp3) is 0.367. The first kappa shape index (κ1) is 25.2. The van der Waals surface area contributed by atoms with E-state index in [1.165, 1.54) is 0 Å². The highest BCUT2D eigenvalue weighted by Gasteiger charge is 2.54. The summed E-state index contributed by atoms with van der Waals surface area (Å²) in [5.41, 5.74) is 1.19. The van der Waals surface area contributed by atoms with Crippen molar-refractivity contribution in [2.75, 3.05) is 13.7 Å². The molecule has 0 N–H and O–H groups in total. The molecule has 2 aromatic carbocycles. The number of benzene rings is 2. The number of allylic oxidation sites excluding steroid dienone is 3. The standard InChI is InChI=1S/C30H30O6S/c1-3-30(16-8-9-17-30)36-27(31)19-35-29(33)20-14-15-23(34-2)26(18-20)37-24-12-6-4-10-21(24)28(32)22-11-5-7-13-25(22)37/h4-7,10,12,14-15,18,25H,3,8-9,13,16-17,19H2,1-2H3/q+2. The highest BCUT2D eigenvalue weighted by molar-refractivity contribution is 7.98. The summed E-state index contributed by atoms with van der Waals surface area (Å²) < 4.78 is 16.8. The summed E-state index contributed by atoms with van der Waals surface area (Å²) in [6.45, 7) is 1.59. The zero-order valence-electron chi connectivity index (χ0n) is 21.1. The van der Waals surface area contributed by atoms with Crippen LogP contribution < -0.4 is 4.74 Å². The first-order valence-corrected chi connectivity index (χ1v) is 14.0. The first-order chi connectivity index (χ1) is 18.0. The minimum atomic E-state index is -0.603. The van der Waals surface area contributed by atoms with Crippen molar-refractivity contribution in [3.05, 3.63) is 77.4 Å². The molecule has 1 aliphatic heterocycles. The topological polar surface area (TPSA) is 78.9 Å². The molecule has 1 heterocycles. The molecule has 1 saturated carbocycles. The number of carbonyl (C=O) groups is 3. The molecule has 2 unspecified atom stereocenters. The summed E-state index contributed by atoms with van der Waals surface area (Å²) in [6, 6.07) is 12.7. The Kier molecular flexibility index (Phi) is 7.18. The van der Waals surface area contributed by atoms with Crippen molar-refractivity contribution in [3.63, 3.8) is 0 Å². The van der Waals surface area contributed by atoms with Crippen molar-refractivity contribution in [1.29, 1.82) is 0 Å². The van der Waals surface area contributed by atoms with E-state index >= 15 is 0 Å². The Morgan fingerprint density at radius 3 is 2.65 bits per heavy atom. The Balaban J connectivity index is 1.41. The number of rotatable bonds is 7. The maximum absolute atomic E-state index is 13.2. The molecule has 2 aromatic rings. The predicted molar refractivity (Wildman–Crippen MR) is 140 cm³/mol. The molecule has 0 saturated heterocycles. The van der Waals surface area contributed by atoms with Crippen LogP contribution in [0.15, 0.2) is 70.0 Å². The van der Waals surface area contributed by atoms with Crippen LogP contribution in [-0.4, -0.2) is 42.3 Å². The second-order valence-electron chi connectivity index (χ2n) is 9.51. The van der Waals surface area contributed by atoms with Gasteiger partial charge in [0.25, 0.3) is 0 Å². The van der Waals surface area contributed by atoms with E-state index < -0.39 is 35.0 Å². The minimum Gasteiger partial charge on any atom is -0.492 e. The molecule has 37 heavy (non-hydrogen) atoms. The third kappa shape index (κ3) is 4.81. The van der Waals surface area contributed by atoms with Crippen LogP contribution in [0.25, 0.3) is 0 Å². The quantitative estimate of drug-likeness (QED) is 0.277. The van der Waals surface area contributed by atoms with E-state index in [-0.39, 0.29) is 11.0 Å². The van der Waals surface area contributed by atoms with Gasteiger partial charge < -0.3 is 14.2 Å². The molecule has 5 rings (SSSR count). The lowest BCUT2D eigenvalue weighted by molar-refractivity contribution is -0.163. The maximum Gasteiger partial charge on any atom is 0.344 e. The molecule has 0 radical (unpaired) electrons. The van der Waals surface area contributed by atoms with Gasteiger partial charge in [-0.3, -0.25) is 0 Å². The Labute approximate surface area is 220 Å². The zero-order valence-corrected chi connectivity index (χ0v) is 21.9. The van der Waals surface area contributed by atoms with Crippen molar-refractivity contribution in [1.82, 2.24) is 0 Å². The van der Waals surface area contributed by atoms with E-state index in [9.17, 15) is 14.4 Å². The van der Waals surface area contributed by atoms with Crippen LogP contribution in [0.3, 0.4) is 0 Å². The third-order valence-corrected chi connectivity index (χ3v) is 9.99. The maximum atomic E-state index is 13.2. The number of carbonyl (C=O) groups excluding carboxylic acids is 3. The summed E-state index contributed by atoms with van der Waals surface area (Å²) in [4.78, 5) is 40.4. The second kappa shape index (κ2) is 10.5. The summed E-state index contributed by atoms with van der Waals surface area (Å²) in [5, 5.41) is -0.0980. The van der Waals surface area contributed by atoms with E-state index in [1.807, 2.05) is 37.3 Å². The predicted octanol–water partition coefficient (Wildman–Crippen LogP) is 5.41. The van der Waals surface area contributed by atoms with Gasteiger partial charge in [0.1, 0.15) is 11.2 Å². The molecule has 0 bridgehead atoms. The van der Waals surface area contributed by atoms with E-state index in [4.69, 9.17) is 14.2 Å². The van der Waals surface area contributed by atoms with Crippen molar-refractivity contribution in [3.8, 4) is 5.75 Å². The number of Topliss-reactive ketones (excluding diaryl/α,β-unsaturated/α-hetero) is 1. The number of fused-ring (bicyclic) bond motifs is 2. The molecule has 0 aromatic heterocycles. The van der Waals surface area contributed by atoms with Crippen LogP contribution in [0.4, 0.5) is 0 Å². The Morgan fingerprint density at radius 1 is 1.11 bits per heavy atom. The number of ether oxygens (including phenoxy) is 3. The Bertz CT molecular complexity index is 1290. The van der Waals surface area contributed by atoms with Gasteiger partial charge in [0, 0.05) is 12.1 Å². The Morgan fingerprint density at radius 2 is 1.89 bits per heavy atom. The van der Waals surface area contributed by atoms with Crippen LogP contribution in [0.1, 0.15) is 66.2 Å². The van der Waals surface area contributed by atoms with Crippen LogP contribution in [0.5, 0.6) is 5.75 Å². The second-order valence-corrected chi connectivity index (χ2v) is 11.6. The van der Waals surface area contributed by atoms with Crippen molar-refractivity contribution in [2.45, 2.75) is 66.1 Å². The highest BCUT2D eigenvalue weighted by Crippen LogP contribution is 2.45. The van der Waals surface area contributed by atoms with E-state index in [2.05, 4.69) is 6.08 Å². The lowest BCUT2D eigenvalue weighted by atomic mass is 9.95. The first-order valence-electron chi connectivity index (χ1n) is 12.7. The molecule has 2 aliphatic carbocycles. The molecule has 3 aliphatic rings. The number of methoxy groups -OCH3 is 1. The van der Waals surface area contributed by atoms with Crippen LogP contribution in [0, 0.1) is 6.08 Å². The van der Waals surface area contributed by atoms with Gasteiger partial charge in [0.05, 0.1) is 42.1 Å². The summed E-state index contributed by atoms with van der Waals surface area (Å²) >= 11 is 0. The fourth-order valence-corrected chi connectivity index (χ4v) is 8.20. The van der Waals surface area contributed by atoms with Crippen molar-refractivity contribution >= 4 is 28.6 Å². The summed E-state index contributed by atoms with van der Waals surface area (Å²) in [6.07, 6.45) is 12.2. The van der Waals surface area contributed by atoms with Gasteiger partial charge in [0.15, 0.2) is 17.3 Å². The van der Waals surface area contributed by atoms with Gasteiger partial charge in [-0.15, -0.1) is 0 Å². The molecule has 0 amide bonds. The van der Waals surface area contributed by atoms with Gasteiger partial charge in [-0.25, -0.2) is 14.4 Å². The summed E-state index contributed by atoms with van der Waals surface area (Å²) in [5.74, 6) is -0.502. The zero-order chi connectivity index (χ0) is 26.0. The largest absolute Gasteiger partial charge is 0.492 e. The van der Waals surface area contributed by atoms with Gasteiger partial charge in [-0.1, -0.05) is 19.1 Å². The van der Waals surface area contributed by atoms with Gasteiger partial charge in [-0.05, 0) is 56.4 Å². The number of esters is 2. The molecule has 2 atom stereocenters. The number of ketones is 1. The average Bonchev–Trinajstić information content (AvgIpc) is 3.40. The molecule has 6 nitrogen and oxygen atoms in total. The molecular weight excluding hydrogens is 488 g/mol. The van der Waals surface area contributed by atoms with Gasteiger partial charge >= 0.3 is 17.7 Å². The normalized spacial score (nSPS) is 21.2.